The van der Waals surface area contributed by atoms with Crippen LogP contribution < -0.4 is 5.32 Å². The number of nitrogens with zero attached hydrogens (tertiary/aromatic N) is 2. The van der Waals surface area contributed by atoms with Gasteiger partial charge in [-0.15, -0.1) is 0 Å². The van der Waals surface area contributed by atoms with Gasteiger partial charge in [0, 0.05) is 20.6 Å². The van der Waals surface area contributed by atoms with Gasteiger partial charge in [-0.05, 0) is 6.42 Å². The first-order chi connectivity index (χ1) is 9.10. The highest BCUT2D eigenvalue weighted by atomic mass is 19.4. The van der Waals surface area contributed by atoms with E-state index in [1.54, 1.807) is 0 Å². The minimum Gasteiger partial charge on any atom is -0.392 e. The fourth-order valence-corrected chi connectivity index (χ4v) is 1.86. The van der Waals surface area contributed by atoms with Crippen LogP contribution in [0.4, 0.5) is 13.2 Å². The fourth-order valence-electron chi connectivity index (χ4n) is 1.86. The molecule has 0 radical (unpaired) electrons. The second-order valence-electron chi connectivity index (χ2n) is 4.95. The van der Waals surface area contributed by atoms with Crippen molar-refractivity contribution >= 4 is 11.8 Å². The highest BCUT2D eigenvalue weighted by Crippen LogP contribution is 2.18. The summed E-state index contributed by atoms with van der Waals surface area (Å²) in [6.07, 6.45) is -5.30. The Labute approximate surface area is 114 Å². The molecular weight excluding hydrogens is 279 g/mol. The molecule has 9 heteroatoms. The lowest BCUT2D eigenvalue weighted by molar-refractivity contribution is -0.165. The Bertz CT molecular complexity index is 374. The number of hydrogen-bond donors (Lipinski definition) is 2. The number of aliphatic hydroxyl groups is 1. The lowest BCUT2D eigenvalue weighted by Gasteiger charge is -2.27. The Morgan fingerprint density at radius 2 is 1.95 bits per heavy atom. The van der Waals surface area contributed by atoms with Crippen molar-refractivity contribution in [1.82, 2.24) is 15.1 Å². The van der Waals surface area contributed by atoms with Gasteiger partial charge in [0.1, 0.15) is 13.1 Å². The fraction of sp³-hybridized carbons (Fsp3) is 0.818. The summed E-state index contributed by atoms with van der Waals surface area (Å²) in [6, 6.07) is -0.887. The summed E-state index contributed by atoms with van der Waals surface area (Å²) in [5.41, 5.74) is 0. The molecule has 0 aromatic heterocycles. The number of nitrogens with one attached hydrogen (secondary N) is 1. The molecule has 20 heavy (non-hydrogen) atoms. The number of carbonyl (C=O) groups excluding carboxylic acids is 2. The van der Waals surface area contributed by atoms with Crippen LogP contribution in [0.2, 0.25) is 0 Å². The van der Waals surface area contributed by atoms with Crippen molar-refractivity contribution < 1.29 is 27.9 Å². The molecule has 2 atom stereocenters. The van der Waals surface area contributed by atoms with Gasteiger partial charge in [-0.3, -0.25) is 9.59 Å². The van der Waals surface area contributed by atoms with Crippen LogP contribution in [0.3, 0.4) is 0 Å². The van der Waals surface area contributed by atoms with Crippen molar-refractivity contribution in [3.8, 4) is 0 Å². The third kappa shape index (κ3) is 4.97. The summed E-state index contributed by atoms with van der Waals surface area (Å²) in [4.78, 5) is 25.1. The van der Waals surface area contributed by atoms with Gasteiger partial charge in [0.2, 0.25) is 11.8 Å². The lowest BCUT2D eigenvalue weighted by atomic mass is 10.1. The first-order valence-electron chi connectivity index (χ1n) is 6.07. The molecule has 0 aliphatic carbocycles. The van der Waals surface area contributed by atoms with Gasteiger partial charge in [-0.2, -0.15) is 13.2 Å². The molecule has 0 aromatic rings. The lowest BCUT2D eigenvalue weighted by Crippen LogP contribution is -2.50. The van der Waals surface area contributed by atoms with Gasteiger partial charge in [0.25, 0.3) is 0 Å². The third-order valence-corrected chi connectivity index (χ3v) is 2.91. The predicted octanol–water partition coefficient (Wildman–Crippen LogP) is -0.812. The highest BCUT2D eigenvalue weighted by Gasteiger charge is 2.38. The largest absolute Gasteiger partial charge is 0.406 e. The zero-order valence-corrected chi connectivity index (χ0v) is 11.3. The molecule has 0 aromatic carbocycles. The number of β-amino-alcohol motifs (C(OH)–C–C–N with tert-alkyl or cyclic N) is 1. The van der Waals surface area contributed by atoms with Crippen LogP contribution in [-0.4, -0.2) is 78.8 Å². The Kier molecular flexibility index (Phi) is 5.35. The van der Waals surface area contributed by atoms with Crippen LogP contribution in [0.25, 0.3) is 0 Å². The molecule has 116 valence electrons. The predicted molar refractivity (Wildman–Crippen MR) is 63.7 cm³/mol. The molecule has 1 rings (SSSR count). The van der Waals surface area contributed by atoms with Crippen molar-refractivity contribution in [2.75, 3.05) is 33.7 Å². The number of amides is 2. The molecule has 1 fully saturated rings. The zero-order valence-electron chi connectivity index (χ0n) is 11.3. The van der Waals surface area contributed by atoms with Gasteiger partial charge in [0.15, 0.2) is 0 Å². The number of aliphatic hydroxyl groups excluding tert-OH is 1. The van der Waals surface area contributed by atoms with Crippen molar-refractivity contribution in [3.63, 3.8) is 0 Å². The SMILES string of the molecule is CN(C)C(=O)CN(CC(F)(F)F)C(=O)C1CC(O)CN1. The number of likely N-dealkylation sites (N-methyl/N-ethyl adjacent to an activating group) is 1. The average Bonchev–Trinajstić information content (AvgIpc) is 2.72. The monoisotopic (exact) mass is 297 g/mol. The molecule has 1 aliphatic heterocycles. The zero-order chi connectivity index (χ0) is 15.5. The van der Waals surface area contributed by atoms with E-state index in [4.69, 9.17) is 0 Å². The summed E-state index contributed by atoms with van der Waals surface area (Å²) in [5, 5.41) is 11.9. The first kappa shape index (κ1) is 16.7. The summed E-state index contributed by atoms with van der Waals surface area (Å²) < 4.78 is 37.5. The van der Waals surface area contributed by atoms with Gasteiger partial charge < -0.3 is 20.2 Å². The maximum Gasteiger partial charge on any atom is 0.406 e. The van der Waals surface area contributed by atoms with Gasteiger partial charge in [-0.1, -0.05) is 0 Å². The van der Waals surface area contributed by atoms with Crippen LogP contribution in [0.5, 0.6) is 0 Å². The summed E-state index contributed by atoms with van der Waals surface area (Å²) >= 11 is 0. The third-order valence-electron chi connectivity index (χ3n) is 2.91. The van der Waals surface area contributed by atoms with Gasteiger partial charge >= 0.3 is 6.18 Å². The van der Waals surface area contributed by atoms with Crippen LogP contribution in [0.1, 0.15) is 6.42 Å². The molecule has 0 saturated carbocycles. The number of hydrogen-bond acceptors (Lipinski definition) is 4. The maximum absolute atomic E-state index is 12.5. The Balaban J connectivity index is 2.75. The average molecular weight is 297 g/mol. The molecule has 0 bridgehead atoms. The van der Waals surface area contributed by atoms with E-state index in [-0.39, 0.29) is 13.0 Å². The number of carbonyl (C=O) groups is 2. The van der Waals surface area contributed by atoms with E-state index in [0.717, 1.165) is 4.90 Å². The standard InChI is InChI=1S/C11H18F3N3O3/c1-16(2)9(19)5-17(6-11(12,13)14)10(20)8-3-7(18)4-15-8/h7-8,15,18H,3-6H2,1-2H3. The molecule has 1 aliphatic rings. The first-order valence-corrected chi connectivity index (χ1v) is 6.07. The molecular formula is C11H18F3N3O3. The quantitative estimate of drug-likeness (QED) is 0.712. The molecule has 0 spiro atoms. The minimum absolute atomic E-state index is 0.0450. The number of halogens is 3. The molecule has 2 amide bonds. The van der Waals surface area contributed by atoms with E-state index in [1.807, 2.05) is 0 Å². The van der Waals surface area contributed by atoms with E-state index in [1.165, 1.54) is 14.1 Å². The smallest absolute Gasteiger partial charge is 0.392 e. The Morgan fingerprint density at radius 1 is 1.35 bits per heavy atom. The van der Waals surface area contributed by atoms with Crippen molar-refractivity contribution in [2.24, 2.45) is 0 Å². The number of rotatable bonds is 4. The summed E-state index contributed by atoms with van der Waals surface area (Å²) in [6.45, 7) is -1.98. The van der Waals surface area contributed by atoms with E-state index >= 15 is 0 Å². The normalized spacial score (nSPS) is 22.7. The Morgan fingerprint density at radius 3 is 2.35 bits per heavy atom. The summed E-state index contributed by atoms with van der Waals surface area (Å²) in [7, 11) is 2.80. The van der Waals surface area contributed by atoms with Crippen molar-refractivity contribution in [3.05, 3.63) is 0 Å². The van der Waals surface area contributed by atoms with Gasteiger partial charge in [0.05, 0.1) is 12.1 Å². The van der Waals surface area contributed by atoms with E-state index in [2.05, 4.69) is 5.32 Å². The Hall–Kier alpha value is -1.35. The molecule has 2 N–H and O–H groups in total. The van der Waals surface area contributed by atoms with Crippen LogP contribution in [0.15, 0.2) is 0 Å². The molecule has 2 unspecified atom stereocenters. The topological polar surface area (TPSA) is 72.9 Å². The molecule has 6 nitrogen and oxygen atoms in total. The van der Waals surface area contributed by atoms with E-state index in [9.17, 15) is 27.9 Å². The van der Waals surface area contributed by atoms with Crippen LogP contribution in [0, 0.1) is 0 Å². The van der Waals surface area contributed by atoms with Gasteiger partial charge in [-0.25, -0.2) is 0 Å². The summed E-state index contributed by atoms with van der Waals surface area (Å²) in [5.74, 6) is -1.42. The second kappa shape index (κ2) is 6.40. The molecule has 1 saturated heterocycles. The van der Waals surface area contributed by atoms with Crippen LogP contribution >= 0.6 is 0 Å². The second-order valence-corrected chi connectivity index (χ2v) is 4.95. The number of alkyl halides is 3. The van der Waals surface area contributed by atoms with Crippen molar-refractivity contribution in [1.29, 1.82) is 0 Å². The van der Waals surface area contributed by atoms with Crippen LogP contribution in [-0.2, 0) is 9.59 Å². The minimum atomic E-state index is -4.58. The van der Waals surface area contributed by atoms with E-state index in [0.29, 0.717) is 4.90 Å². The highest BCUT2D eigenvalue weighted by molar-refractivity contribution is 5.87. The molecule has 1 heterocycles. The van der Waals surface area contributed by atoms with Crippen molar-refractivity contribution in [2.45, 2.75) is 24.7 Å². The maximum atomic E-state index is 12.5. The van der Waals surface area contributed by atoms with E-state index < -0.39 is 43.2 Å².